The van der Waals surface area contributed by atoms with E-state index in [4.69, 9.17) is 9.47 Å². The number of nitro benzene ring substituents is 1. The zero-order chi connectivity index (χ0) is 29.8. The fourth-order valence-electron chi connectivity index (χ4n) is 4.66. The Bertz CT molecular complexity index is 1460. The van der Waals surface area contributed by atoms with E-state index in [9.17, 15) is 29.6 Å². The second-order valence-electron chi connectivity index (χ2n) is 9.72. The van der Waals surface area contributed by atoms with Gasteiger partial charge in [-0.1, -0.05) is 60.7 Å². The molecular formula is C30H27N3O8S. The number of nitrogens with zero attached hydrogens (tertiary/aromatic N) is 2. The quantitative estimate of drug-likeness (QED) is 0.163. The molecule has 2 aliphatic rings. The molecule has 2 N–H and O–H groups in total. The first-order valence-electron chi connectivity index (χ1n) is 13.1. The van der Waals surface area contributed by atoms with Crippen LogP contribution in [0.1, 0.15) is 29.7 Å². The number of non-ortho nitro benzene ring substituents is 1. The number of ether oxygens (including phenoxy) is 2. The van der Waals surface area contributed by atoms with Crippen molar-refractivity contribution >= 4 is 35.4 Å². The van der Waals surface area contributed by atoms with E-state index in [0.717, 1.165) is 22.9 Å². The highest BCUT2D eigenvalue weighted by molar-refractivity contribution is 8.01. The van der Waals surface area contributed by atoms with Crippen molar-refractivity contribution in [3.05, 3.63) is 124 Å². The Morgan fingerprint density at radius 3 is 2.17 bits per heavy atom. The summed E-state index contributed by atoms with van der Waals surface area (Å²) in [6, 6.07) is 23.1. The van der Waals surface area contributed by atoms with E-state index in [2.05, 4.69) is 5.32 Å². The van der Waals surface area contributed by atoms with Crippen LogP contribution >= 0.6 is 11.8 Å². The summed E-state index contributed by atoms with van der Waals surface area (Å²) in [6.07, 6.45) is -1.14. The highest BCUT2D eigenvalue weighted by Gasteiger charge is 2.53. The molecule has 0 spiro atoms. The summed E-state index contributed by atoms with van der Waals surface area (Å²) < 4.78 is 11.2. The summed E-state index contributed by atoms with van der Waals surface area (Å²) in [5, 5.41) is 22.2. The van der Waals surface area contributed by atoms with Gasteiger partial charge in [-0.2, -0.15) is 0 Å². The summed E-state index contributed by atoms with van der Waals surface area (Å²) in [4.78, 5) is 50.6. The number of benzene rings is 3. The van der Waals surface area contributed by atoms with Gasteiger partial charge in [-0.3, -0.25) is 19.7 Å². The van der Waals surface area contributed by atoms with Gasteiger partial charge in [-0.25, -0.2) is 4.79 Å². The maximum Gasteiger partial charge on any atom is 0.408 e. The van der Waals surface area contributed by atoms with E-state index >= 15 is 0 Å². The van der Waals surface area contributed by atoms with Gasteiger partial charge in [0.15, 0.2) is 6.10 Å². The molecule has 12 heteroatoms. The first-order chi connectivity index (χ1) is 20.2. The van der Waals surface area contributed by atoms with Crippen molar-refractivity contribution in [2.45, 2.75) is 42.4 Å². The second-order valence-corrected chi connectivity index (χ2v) is 10.9. The lowest BCUT2D eigenvalue weighted by molar-refractivity contribution is -0.384. The molecule has 42 heavy (non-hydrogen) atoms. The van der Waals surface area contributed by atoms with Crippen LogP contribution in [0.5, 0.6) is 0 Å². The third kappa shape index (κ3) is 6.14. The van der Waals surface area contributed by atoms with E-state index in [1.165, 1.54) is 42.3 Å². The molecule has 3 unspecified atom stereocenters. The van der Waals surface area contributed by atoms with Crippen LogP contribution in [0.25, 0.3) is 0 Å². The summed E-state index contributed by atoms with van der Waals surface area (Å²) in [5.74, 6) is -1.01. The molecule has 0 aliphatic carbocycles. The average Bonchev–Trinajstić information content (AvgIpc) is 3.01. The zero-order valence-corrected chi connectivity index (χ0v) is 23.2. The van der Waals surface area contributed by atoms with E-state index < -0.39 is 51.8 Å². The number of fused-ring (bicyclic) bond motifs is 1. The molecule has 4 atom stereocenters. The third-order valence-corrected chi connectivity index (χ3v) is 8.39. The van der Waals surface area contributed by atoms with Crippen LogP contribution in [-0.4, -0.2) is 55.7 Å². The van der Waals surface area contributed by atoms with E-state index in [-0.39, 0.29) is 12.3 Å². The number of aliphatic hydroxyl groups excluding tert-OH is 1. The summed E-state index contributed by atoms with van der Waals surface area (Å²) in [5.41, 5.74) is 2.30. The molecule has 2 amide bonds. The van der Waals surface area contributed by atoms with Gasteiger partial charge in [0.05, 0.1) is 11.0 Å². The molecule has 0 saturated carbocycles. The molecule has 3 aromatic rings. The first-order valence-corrected chi connectivity index (χ1v) is 14.0. The molecule has 0 bridgehead atoms. The van der Waals surface area contributed by atoms with Crippen molar-refractivity contribution in [2.75, 3.05) is 0 Å². The first kappa shape index (κ1) is 28.8. The minimum Gasteiger partial charge on any atom is -0.451 e. The molecule has 2 heterocycles. The maximum atomic E-state index is 13.6. The molecular weight excluding hydrogens is 562 g/mol. The van der Waals surface area contributed by atoms with Crippen LogP contribution in [-0.2, 0) is 25.7 Å². The number of amides is 2. The van der Waals surface area contributed by atoms with Gasteiger partial charge in [0.2, 0.25) is 0 Å². The van der Waals surface area contributed by atoms with Crippen molar-refractivity contribution in [2.24, 2.45) is 0 Å². The monoisotopic (exact) mass is 589 g/mol. The van der Waals surface area contributed by atoms with Crippen molar-refractivity contribution in [1.29, 1.82) is 0 Å². The van der Waals surface area contributed by atoms with Crippen molar-refractivity contribution in [3.8, 4) is 0 Å². The fourth-order valence-corrected chi connectivity index (χ4v) is 6.16. The van der Waals surface area contributed by atoms with Crippen LogP contribution in [0.15, 0.2) is 96.7 Å². The minimum absolute atomic E-state index is 0.0887. The van der Waals surface area contributed by atoms with E-state index in [0.29, 0.717) is 11.1 Å². The lowest BCUT2D eigenvalue weighted by Gasteiger charge is -2.49. The largest absolute Gasteiger partial charge is 0.451 e. The molecule has 2 aliphatic heterocycles. The fraction of sp³-hybridized carbons (Fsp3) is 0.233. The lowest BCUT2D eigenvalue weighted by atomic mass is 10.0. The number of alkyl carbamates (subject to hydrolysis) is 1. The number of hydrogen-bond donors (Lipinski definition) is 2. The van der Waals surface area contributed by atoms with Crippen molar-refractivity contribution in [1.82, 2.24) is 10.2 Å². The van der Waals surface area contributed by atoms with Gasteiger partial charge in [0, 0.05) is 18.3 Å². The standard InChI is InChI=1S/C30H27N3O8S/c1-18(34)23-16-32-27(35)24(31-30(37)40-17-19-12-14-22(15-13-19)33(38)39)28(32)42-26(23)29(36)41-25(20-8-4-2-5-9-20)21-10-6-3-7-11-21/h2-16,18,24-26,28,34H,17H2,1H3,(H,31,37)/t18?,24?,26?,28-/m1/s1. The van der Waals surface area contributed by atoms with Crippen LogP contribution in [0.4, 0.5) is 10.5 Å². The number of hydrogen-bond acceptors (Lipinski definition) is 9. The van der Waals surface area contributed by atoms with Crippen LogP contribution in [0, 0.1) is 10.1 Å². The number of nitrogens with one attached hydrogen (secondary N) is 1. The number of rotatable bonds is 9. The molecule has 0 radical (unpaired) electrons. The summed E-state index contributed by atoms with van der Waals surface area (Å²) in [6.45, 7) is 1.35. The number of carbonyl (C=O) groups excluding carboxylic acids is 3. The summed E-state index contributed by atoms with van der Waals surface area (Å²) in [7, 11) is 0. The Kier molecular flexibility index (Phi) is 8.55. The van der Waals surface area contributed by atoms with Gasteiger partial charge in [-0.15, -0.1) is 11.8 Å². The van der Waals surface area contributed by atoms with Crippen LogP contribution in [0.2, 0.25) is 0 Å². The molecule has 3 aromatic carbocycles. The highest BCUT2D eigenvalue weighted by atomic mass is 32.2. The number of esters is 1. The average molecular weight is 590 g/mol. The van der Waals surface area contributed by atoms with Gasteiger partial charge in [-0.05, 0) is 41.3 Å². The normalized spacial score (nSPS) is 20.1. The second kappa shape index (κ2) is 12.5. The molecule has 11 nitrogen and oxygen atoms in total. The Balaban J connectivity index is 1.27. The van der Waals surface area contributed by atoms with E-state index in [1.54, 1.807) is 0 Å². The Labute approximate surface area is 245 Å². The predicted octanol–water partition coefficient (Wildman–Crippen LogP) is 4.07. The van der Waals surface area contributed by atoms with Gasteiger partial charge < -0.3 is 24.8 Å². The topological polar surface area (TPSA) is 148 Å². The maximum absolute atomic E-state index is 13.6. The molecule has 0 aromatic heterocycles. The number of β-lactam (4-membered cyclic amide) rings is 1. The number of aliphatic hydroxyl groups is 1. The van der Waals surface area contributed by atoms with Gasteiger partial charge in [0.25, 0.3) is 11.6 Å². The SMILES string of the molecule is CC(O)C1=CN2C(=O)C(NC(=O)OCc3ccc([N+](=O)[O-])cc3)[C@H]2SC1C(=O)OC(c1ccccc1)c1ccccc1. The van der Waals surface area contributed by atoms with Crippen molar-refractivity contribution in [3.63, 3.8) is 0 Å². The molecule has 216 valence electrons. The Morgan fingerprint density at radius 2 is 1.62 bits per heavy atom. The van der Waals surface area contributed by atoms with Crippen LogP contribution < -0.4 is 5.32 Å². The molecule has 1 saturated heterocycles. The predicted molar refractivity (Wildman–Crippen MR) is 153 cm³/mol. The Morgan fingerprint density at radius 1 is 1.02 bits per heavy atom. The smallest absolute Gasteiger partial charge is 0.408 e. The molecule has 5 rings (SSSR count). The number of thioether (sulfide) groups is 1. The third-order valence-electron chi connectivity index (χ3n) is 6.87. The van der Waals surface area contributed by atoms with Gasteiger partial charge in [0.1, 0.15) is 23.3 Å². The van der Waals surface area contributed by atoms with Gasteiger partial charge >= 0.3 is 12.1 Å². The number of nitro groups is 1. The zero-order valence-electron chi connectivity index (χ0n) is 22.4. The Hall–Kier alpha value is -4.68. The molecule has 1 fully saturated rings. The summed E-state index contributed by atoms with van der Waals surface area (Å²) >= 11 is 1.10. The van der Waals surface area contributed by atoms with E-state index in [1.807, 2.05) is 60.7 Å². The minimum atomic E-state index is -1.03. The lowest BCUT2D eigenvalue weighted by Crippen LogP contribution is -2.69. The van der Waals surface area contributed by atoms with Crippen molar-refractivity contribution < 1.29 is 33.9 Å². The number of carbonyl (C=O) groups is 3. The van der Waals surface area contributed by atoms with Crippen LogP contribution in [0.3, 0.4) is 0 Å². The highest BCUT2D eigenvalue weighted by Crippen LogP contribution is 2.43.